The van der Waals surface area contributed by atoms with Crippen molar-refractivity contribution in [2.24, 2.45) is 5.92 Å². The van der Waals surface area contributed by atoms with E-state index in [1.807, 2.05) is 32.9 Å². The molecule has 0 radical (unpaired) electrons. The maximum absolute atomic E-state index is 12.8. The highest BCUT2D eigenvalue weighted by Crippen LogP contribution is 2.25. The molecule has 6 heteroatoms. The lowest BCUT2D eigenvalue weighted by molar-refractivity contribution is 0.242. The van der Waals surface area contributed by atoms with Crippen LogP contribution >= 0.6 is 0 Å². The third-order valence-electron chi connectivity index (χ3n) is 5.22. The van der Waals surface area contributed by atoms with E-state index in [1.54, 1.807) is 12.1 Å². The van der Waals surface area contributed by atoms with Crippen LogP contribution in [0.3, 0.4) is 0 Å². The van der Waals surface area contributed by atoms with Crippen LogP contribution in [0.1, 0.15) is 37.0 Å². The Morgan fingerprint density at radius 2 is 1.93 bits per heavy atom. The van der Waals surface area contributed by atoms with E-state index in [-0.39, 0.29) is 22.7 Å². The van der Waals surface area contributed by atoms with Gasteiger partial charge in [-0.1, -0.05) is 18.2 Å². The lowest BCUT2D eigenvalue weighted by Gasteiger charge is -2.17. The van der Waals surface area contributed by atoms with Crippen molar-refractivity contribution in [1.29, 1.82) is 5.26 Å². The summed E-state index contributed by atoms with van der Waals surface area (Å²) in [5, 5.41) is 9.17. The van der Waals surface area contributed by atoms with Crippen LogP contribution in [0, 0.1) is 24.2 Å². The highest BCUT2D eigenvalue weighted by molar-refractivity contribution is 7.91. The predicted molar refractivity (Wildman–Crippen MR) is 114 cm³/mol. The van der Waals surface area contributed by atoms with Crippen molar-refractivity contribution >= 4 is 9.84 Å². The van der Waals surface area contributed by atoms with Gasteiger partial charge in [0.2, 0.25) is 0 Å². The molecule has 0 spiro atoms. The first-order valence-corrected chi connectivity index (χ1v) is 11.6. The van der Waals surface area contributed by atoms with Gasteiger partial charge in [0.1, 0.15) is 5.75 Å². The Bertz CT molecular complexity index is 992. The normalized spacial score (nSPS) is 17.4. The Morgan fingerprint density at radius 1 is 1.21 bits per heavy atom. The summed E-state index contributed by atoms with van der Waals surface area (Å²) in [6.07, 6.45) is 1.02. The van der Waals surface area contributed by atoms with Crippen LogP contribution in [-0.2, 0) is 16.4 Å². The standard InChI is InChI=1S/C23H28N2O3S/c1-17(2)28-22-7-5-19(6-8-22)14-25-11-10-20(15-25)16-29(26,27)23-9-4-18(3)21(12-23)13-24/h4-9,12,17,20H,10-11,14-16H2,1-3H3/t20-/m1/s1. The second-order valence-corrected chi connectivity index (χ2v) is 10.1. The van der Waals surface area contributed by atoms with Crippen LogP contribution in [0.25, 0.3) is 0 Å². The molecule has 0 bridgehead atoms. The van der Waals surface area contributed by atoms with Crippen molar-refractivity contribution in [2.75, 3.05) is 18.8 Å². The molecule has 1 atom stereocenters. The SMILES string of the molecule is Cc1ccc(S(=O)(=O)C[C@@H]2CCN(Cc3ccc(OC(C)C)cc3)C2)cc1C#N. The number of likely N-dealkylation sites (tertiary alicyclic amines) is 1. The monoisotopic (exact) mass is 412 g/mol. The maximum atomic E-state index is 12.8. The summed E-state index contributed by atoms with van der Waals surface area (Å²) in [5.74, 6) is 1.10. The molecule has 154 valence electrons. The van der Waals surface area contributed by atoms with Gasteiger partial charge < -0.3 is 4.74 Å². The van der Waals surface area contributed by atoms with Gasteiger partial charge in [0.15, 0.2) is 9.84 Å². The molecule has 29 heavy (non-hydrogen) atoms. The average Bonchev–Trinajstić information content (AvgIpc) is 3.09. The lowest BCUT2D eigenvalue weighted by Crippen LogP contribution is -2.23. The van der Waals surface area contributed by atoms with Crippen molar-refractivity contribution in [2.45, 2.75) is 44.7 Å². The number of aryl methyl sites for hydroxylation is 1. The largest absolute Gasteiger partial charge is 0.491 e. The van der Waals surface area contributed by atoms with E-state index in [1.165, 1.54) is 11.6 Å². The Labute approximate surface area is 173 Å². The van der Waals surface area contributed by atoms with Crippen molar-refractivity contribution in [3.63, 3.8) is 0 Å². The van der Waals surface area contributed by atoms with Crippen molar-refractivity contribution < 1.29 is 13.2 Å². The molecule has 0 amide bonds. The molecule has 5 nitrogen and oxygen atoms in total. The van der Waals surface area contributed by atoms with E-state index < -0.39 is 9.84 Å². The molecule has 0 unspecified atom stereocenters. The molecule has 0 aliphatic carbocycles. The molecule has 1 saturated heterocycles. The topological polar surface area (TPSA) is 70.4 Å². The van der Waals surface area contributed by atoms with E-state index in [9.17, 15) is 8.42 Å². The summed E-state index contributed by atoms with van der Waals surface area (Å²) in [5.41, 5.74) is 2.41. The van der Waals surface area contributed by atoms with Crippen LogP contribution < -0.4 is 4.74 Å². The first kappa shape index (κ1) is 21.4. The fourth-order valence-electron chi connectivity index (χ4n) is 3.72. The minimum Gasteiger partial charge on any atom is -0.491 e. The first-order valence-electron chi connectivity index (χ1n) is 9.98. The number of rotatable bonds is 7. The molecular weight excluding hydrogens is 384 g/mol. The Hall–Kier alpha value is -2.36. The van der Waals surface area contributed by atoms with Gasteiger partial charge in [-0.25, -0.2) is 8.42 Å². The van der Waals surface area contributed by atoms with E-state index in [2.05, 4.69) is 23.1 Å². The fourth-order valence-corrected chi connectivity index (χ4v) is 5.38. The Kier molecular flexibility index (Phi) is 6.61. The zero-order chi connectivity index (χ0) is 21.0. The van der Waals surface area contributed by atoms with Crippen molar-refractivity contribution in [3.8, 4) is 11.8 Å². The van der Waals surface area contributed by atoms with Gasteiger partial charge in [-0.3, -0.25) is 4.90 Å². The maximum Gasteiger partial charge on any atom is 0.178 e. The van der Waals surface area contributed by atoms with Crippen LogP contribution in [0.5, 0.6) is 5.75 Å². The number of benzene rings is 2. The molecule has 2 aromatic carbocycles. The van der Waals surface area contributed by atoms with Crippen molar-refractivity contribution in [1.82, 2.24) is 4.90 Å². The number of nitrogens with zero attached hydrogens (tertiary/aromatic N) is 2. The van der Waals surface area contributed by atoms with E-state index in [0.717, 1.165) is 37.4 Å². The number of ether oxygens (including phenoxy) is 1. The quantitative estimate of drug-likeness (QED) is 0.689. The summed E-state index contributed by atoms with van der Waals surface area (Å²) in [4.78, 5) is 2.55. The molecule has 0 saturated carbocycles. The van der Waals surface area contributed by atoms with Crippen LogP contribution in [-0.4, -0.2) is 38.3 Å². The van der Waals surface area contributed by atoms with Gasteiger partial charge in [-0.2, -0.15) is 5.26 Å². The molecule has 0 N–H and O–H groups in total. The Balaban J connectivity index is 1.59. The summed E-state index contributed by atoms with van der Waals surface area (Å²) < 4.78 is 31.3. The van der Waals surface area contributed by atoms with E-state index >= 15 is 0 Å². The van der Waals surface area contributed by atoms with E-state index in [0.29, 0.717) is 5.56 Å². The van der Waals surface area contributed by atoms with Gasteiger partial charge in [0.25, 0.3) is 0 Å². The Morgan fingerprint density at radius 3 is 2.59 bits per heavy atom. The number of hydrogen-bond donors (Lipinski definition) is 0. The third-order valence-corrected chi connectivity index (χ3v) is 7.10. The average molecular weight is 413 g/mol. The molecule has 1 aliphatic rings. The highest BCUT2D eigenvalue weighted by atomic mass is 32.2. The molecular formula is C23H28N2O3S. The summed E-state index contributed by atoms with van der Waals surface area (Å²) in [7, 11) is -3.40. The summed E-state index contributed by atoms with van der Waals surface area (Å²) in [6.45, 7) is 8.28. The molecule has 1 aliphatic heterocycles. The highest BCUT2D eigenvalue weighted by Gasteiger charge is 2.28. The number of sulfone groups is 1. The van der Waals surface area contributed by atoms with Crippen LogP contribution in [0.15, 0.2) is 47.4 Å². The van der Waals surface area contributed by atoms with Gasteiger partial charge in [-0.15, -0.1) is 0 Å². The minimum absolute atomic E-state index is 0.107. The van der Waals surface area contributed by atoms with Crippen LogP contribution in [0.4, 0.5) is 0 Å². The first-order chi connectivity index (χ1) is 13.8. The smallest absolute Gasteiger partial charge is 0.178 e. The van der Waals surface area contributed by atoms with E-state index in [4.69, 9.17) is 10.00 Å². The predicted octanol–water partition coefficient (Wildman–Crippen LogP) is 3.95. The number of nitriles is 1. The molecule has 1 heterocycles. The van der Waals surface area contributed by atoms with Crippen molar-refractivity contribution in [3.05, 3.63) is 59.2 Å². The zero-order valence-corrected chi connectivity index (χ0v) is 18.1. The summed E-state index contributed by atoms with van der Waals surface area (Å²) >= 11 is 0. The second-order valence-electron chi connectivity index (χ2n) is 8.07. The third kappa shape index (κ3) is 5.59. The summed E-state index contributed by atoms with van der Waals surface area (Å²) in [6, 6.07) is 15.0. The van der Waals surface area contributed by atoms with Gasteiger partial charge in [-0.05, 0) is 75.0 Å². The molecule has 2 aromatic rings. The van der Waals surface area contributed by atoms with Gasteiger partial charge in [0.05, 0.1) is 28.4 Å². The van der Waals surface area contributed by atoms with Gasteiger partial charge in [0, 0.05) is 13.1 Å². The second kappa shape index (κ2) is 8.98. The number of hydrogen-bond acceptors (Lipinski definition) is 5. The fraction of sp³-hybridized carbons (Fsp3) is 0.435. The zero-order valence-electron chi connectivity index (χ0n) is 17.3. The van der Waals surface area contributed by atoms with Gasteiger partial charge >= 0.3 is 0 Å². The minimum atomic E-state index is -3.40. The molecule has 3 rings (SSSR count). The lowest BCUT2D eigenvalue weighted by atomic mass is 10.1. The molecule has 0 aromatic heterocycles. The van der Waals surface area contributed by atoms with Crippen LogP contribution in [0.2, 0.25) is 0 Å². The molecule has 1 fully saturated rings.